The highest BCUT2D eigenvalue weighted by Gasteiger charge is 2.20. The fourth-order valence-electron chi connectivity index (χ4n) is 2.88. The van der Waals surface area contributed by atoms with E-state index in [1.165, 1.54) is 37.7 Å². The molecule has 2 nitrogen and oxygen atoms in total. The third-order valence-corrected chi connectivity index (χ3v) is 3.81. The van der Waals surface area contributed by atoms with E-state index in [0.29, 0.717) is 0 Å². The Morgan fingerprint density at radius 3 is 2.81 bits per heavy atom. The average molecular weight is 221 g/mol. The Morgan fingerprint density at radius 2 is 2.12 bits per heavy atom. The van der Waals surface area contributed by atoms with E-state index in [4.69, 9.17) is 10.2 Å². The third kappa shape index (κ3) is 2.67. The number of nitrogens with two attached hydrogens (primary N) is 1. The van der Waals surface area contributed by atoms with Crippen molar-refractivity contribution < 1.29 is 4.42 Å². The van der Waals surface area contributed by atoms with Gasteiger partial charge in [0.15, 0.2) is 0 Å². The summed E-state index contributed by atoms with van der Waals surface area (Å²) in [7, 11) is 0. The Kier molecular flexibility index (Phi) is 4.05. The van der Waals surface area contributed by atoms with Gasteiger partial charge in [0.2, 0.25) is 0 Å². The van der Waals surface area contributed by atoms with Gasteiger partial charge in [0.05, 0.1) is 6.26 Å². The van der Waals surface area contributed by atoms with Crippen molar-refractivity contribution in [3.63, 3.8) is 0 Å². The number of aryl methyl sites for hydroxylation is 1. The van der Waals surface area contributed by atoms with Crippen LogP contribution >= 0.6 is 0 Å². The van der Waals surface area contributed by atoms with Crippen molar-refractivity contribution in [2.24, 2.45) is 11.7 Å². The lowest BCUT2D eigenvalue weighted by Crippen LogP contribution is -2.17. The number of furan rings is 1. The van der Waals surface area contributed by atoms with Crippen LogP contribution in [0.25, 0.3) is 0 Å². The van der Waals surface area contributed by atoms with Crippen molar-refractivity contribution >= 4 is 0 Å². The van der Waals surface area contributed by atoms with E-state index in [1.807, 2.05) is 6.07 Å². The molecule has 0 aliphatic heterocycles. The van der Waals surface area contributed by atoms with Gasteiger partial charge in [-0.15, -0.1) is 0 Å². The van der Waals surface area contributed by atoms with E-state index in [1.54, 1.807) is 6.26 Å². The summed E-state index contributed by atoms with van der Waals surface area (Å²) in [5, 5.41) is 0. The average Bonchev–Trinajstić information content (AvgIpc) is 2.78. The Morgan fingerprint density at radius 1 is 1.38 bits per heavy atom. The Balaban J connectivity index is 1.93. The second-order valence-electron chi connectivity index (χ2n) is 5.00. The Labute approximate surface area is 98.2 Å². The lowest BCUT2D eigenvalue weighted by atomic mass is 9.83. The van der Waals surface area contributed by atoms with Crippen LogP contribution in [0.2, 0.25) is 0 Å². The zero-order valence-corrected chi connectivity index (χ0v) is 10.2. The first-order valence-corrected chi connectivity index (χ1v) is 6.63. The molecule has 0 amide bonds. The van der Waals surface area contributed by atoms with E-state index in [-0.39, 0.29) is 6.04 Å². The fraction of sp³-hybridized carbons (Fsp3) is 0.714. The molecule has 0 saturated heterocycles. The number of rotatable bonds is 4. The van der Waals surface area contributed by atoms with Crippen LogP contribution in [0, 0.1) is 5.92 Å². The first-order valence-electron chi connectivity index (χ1n) is 6.63. The summed E-state index contributed by atoms with van der Waals surface area (Å²) in [6.07, 6.45) is 10.8. The van der Waals surface area contributed by atoms with Gasteiger partial charge in [0.25, 0.3) is 0 Å². The van der Waals surface area contributed by atoms with Crippen molar-refractivity contribution in [1.82, 2.24) is 0 Å². The summed E-state index contributed by atoms with van der Waals surface area (Å²) in [5.41, 5.74) is 7.52. The summed E-state index contributed by atoms with van der Waals surface area (Å²) in [6.45, 7) is 2.12. The molecule has 1 saturated carbocycles. The molecule has 2 N–H and O–H groups in total. The molecule has 2 rings (SSSR count). The van der Waals surface area contributed by atoms with E-state index in [2.05, 4.69) is 6.92 Å². The van der Waals surface area contributed by atoms with E-state index >= 15 is 0 Å². The molecule has 0 aromatic carbocycles. The SMILES string of the molecule is CCc1occc1C(N)CC1CCCCC1. The molecule has 0 spiro atoms. The molecule has 1 unspecified atom stereocenters. The van der Waals surface area contributed by atoms with Crippen LogP contribution in [0.4, 0.5) is 0 Å². The smallest absolute Gasteiger partial charge is 0.108 e. The largest absolute Gasteiger partial charge is 0.469 e. The Hall–Kier alpha value is -0.760. The molecule has 1 fully saturated rings. The van der Waals surface area contributed by atoms with Crippen LogP contribution in [0.1, 0.15) is 62.8 Å². The van der Waals surface area contributed by atoms with Gasteiger partial charge < -0.3 is 10.2 Å². The molecule has 1 aromatic rings. The summed E-state index contributed by atoms with van der Waals surface area (Å²) >= 11 is 0. The van der Waals surface area contributed by atoms with Crippen LogP contribution in [0.5, 0.6) is 0 Å². The van der Waals surface area contributed by atoms with Gasteiger partial charge >= 0.3 is 0 Å². The molecular formula is C14H23NO. The maximum absolute atomic E-state index is 6.29. The van der Waals surface area contributed by atoms with Gasteiger partial charge in [-0.25, -0.2) is 0 Å². The van der Waals surface area contributed by atoms with Gasteiger partial charge in [-0.05, 0) is 18.4 Å². The van der Waals surface area contributed by atoms with Crippen LogP contribution < -0.4 is 5.73 Å². The quantitative estimate of drug-likeness (QED) is 0.839. The molecule has 1 aliphatic carbocycles. The summed E-state index contributed by atoms with van der Waals surface area (Å²) in [6, 6.07) is 2.23. The van der Waals surface area contributed by atoms with Gasteiger partial charge in [0, 0.05) is 18.0 Å². The first-order chi connectivity index (χ1) is 7.81. The predicted molar refractivity (Wildman–Crippen MR) is 66.2 cm³/mol. The molecule has 1 aromatic heterocycles. The van der Waals surface area contributed by atoms with Crippen molar-refractivity contribution in [2.45, 2.75) is 57.9 Å². The van der Waals surface area contributed by atoms with Crippen molar-refractivity contribution in [3.8, 4) is 0 Å². The summed E-state index contributed by atoms with van der Waals surface area (Å²) in [5.74, 6) is 1.91. The third-order valence-electron chi connectivity index (χ3n) is 3.81. The highest BCUT2D eigenvalue weighted by molar-refractivity contribution is 5.21. The fourth-order valence-corrected chi connectivity index (χ4v) is 2.88. The monoisotopic (exact) mass is 221 g/mol. The topological polar surface area (TPSA) is 39.2 Å². The number of hydrogen-bond donors (Lipinski definition) is 1. The zero-order valence-electron chi connectivity index (χ0n) is 10.2. The normalized spacial score (nSPS) is 19.9. The first kappa shape index (κ1) is 11.7. The lowest BCUT2D eigenvalue weighted by molar-refractivity contribution is 0.318. The molecule has 0 radical (unpaired) electrons. The molecule has 90 valence electrons. The number of hydrogen-bond acceptors (Lipinski definition) is 2. The second kappa shape index (κ2) is 5.53. The molecule has 2 heteroatoms. The van der Waals surface area contributed by atoms with Gasteiger partial charge in [-0.2, -0.15) is 0 Å². The molecule has 1 atom stereocenters. The van der Waals surface area contributed by atoms with Gasteiger partial charge in [-0.1, -0.05) is 39.0 Å². The van der Waals surface area contributed by atoms with Crippen LogP contribution in [-0.2, 0) is 6.42 Å². The van der Waals surface area contributed by atoms with Crippen LogP contribution in [0.15, 0.2) is 16.7 Å². The zero-order chi connectivity index (χ0) is 11.4. The molecule has 16 heavy (non-hydrogen) atoms. The maximum Gasteiger partial charge on any atom is 0.108 e. The van der Waals surface area contributed by atoms with E-state index < -0.39 is 0 Å². The minimum Gasteiger partial charge on any atom is -0.469 e. The van der Waals surface area contributed by atoms with Gasteiger partial charge in [0.1, 0.15) is 5.76 Å². The molecular weight excluding hydrogens is 198 g/mol. The van der Waals surface area contributed by atoms with Crippen molar-refractivity contribution in [2.75, 3.05) is 0 Å². The molecule has 0 bridgehead atoms. The minimum absolute atomic E-state index is 0.178. The van der Waals surface area contributed by atoms with Crippen molar-refractivity contribution in [3.05, 3.63) is 23.7 Å². The maximum atomic E-state index is 6.29. The molecule has 1 aliphatic rings. The summed E-state index contributed by atoms with van der Waals surface area (Å²) < 4.78 is 5.44. The lowest BCUT2D eigenvalue weighted by Gasteiger charge is -2.24. The van der Waals surface area contributed by atoms with E-state index in [9.17, 15) is 0 Å². The van der Waals surface area contributed by atoms with Crippen LogP contribution in [-0.4, -0.2) is 0 Å². The highest BCUT2D eigenvalue weighted by Crippen LogP contribution is 2.32. The standard InChI is InChI=1S/C14H23NO/c1-2-14-12(8-9-16-14)13(15)10-11-6-4-3-5-7-11/h8-9,11,13H,2-7,10,15H2,1H3. The predicted octanol–water partition coefficient (Wildman–Crippen LogP) is 3.81. The van der Waals surface area contributed by atoms with E-state index in [0.717, 1.165) is 24.5 Å². The van der Waals surface area contributed by atoms with Gasteiger partial charge in [-0.3, -0.25) is 0 Å². The summed E-state index contributed by atoms with van der Waals surface area (Å²) in [4.78, 5) is 0. The minimum atomic E-state index is 0.178. The molecule has 1 heterocycles. The second-order valence-corrected chi connectivity index (χ2v) is 5.00. The van der Waals surface area contributed by atoms with Crippen molar-refractivity contribution in [1.29, 1.82) is 0 Å². The Bertz CT molecular complexity index is 312. The van der Waals surface area contributed by atoms with Crippen LogP contribution in [0.3, 0.4) is 0 Å². The highest BCUT2D eigenvalue weighted by atomic mass is 16.3.